The van der Waals surface area contributed by atoms with Gasteiger partial charge in [-0.1, -0.05) is 6.92 Å². The molecular weight excluding hydrogens is 220 g/mol. The van der Waals surface area contributed by atoms with Crippen molar-refractivity contribution in [3.8, 4) is 0 Å². The van der Waals surface area contributed by atoms with Crippen LogP contribution in [-0.4, -0.2) is 55.1 Å². The van der Waals surface area contributed by atoms with E-state index in [1.54, 1.807) is 0 Å². The van der Waals surface area contributed by atoms with Crippen LogP contribution in [0.1, 0.15) is 26.7 Å². The highest BCUT2D eigenvalue weighted by Crippen LogP contribution is 2.17. The van der Waals surface area contributed by atoms with Crippen LogP contribution in [0.4, 0.5) is 4.79 Å². The zero-order chi connectivity index (χ0) is 12.8. The van der Waals surface area contributed by atoms with E-state index in [2.05, 4.69) is 11.7 Å². The lowest BCUT2D eigenvalue weighted by atomic mass is 10.00. The monoisotopic (exact) mass is 242 g/mol. The molecule has 1 aliphatic heterocycles. The van der Waals surface area contributed by atoms with Crippen molar-refractivity contribution in [2.45, 2.75) is 26.7 Å². The predicted octanol–water partition coefficient (Wildman–Crippen LogP) is 1.33. The van der Waals surface area contributed by atoms with E-state index in [1.165, 1.54) is 12.0 Å². The molecule has 5 heteroatoms. The van der Waals surface area contributed by atoms with Crippen molar-refractivity contribution >= 4 is 12.0 Å². The van der Waals surface area contributed by atoms with Gasteiger partial charge in [0.2, 0.25) is 0 Å². The van der Waals surface area contributed by atoms with E-state index in [0.717, 1.165) is 25.9 Å². The topological polar surface area (TPSA) is 49.9 Å². The van der Waals surface area contributed by atoms with Crippen LogP contribution in [0.2, 0.25) is 0 Å². The van der Waals surface area contributed by atoms with Gasteiger partial charge in [0.25, 0.3) is 0 Å². The number of piperidine rings is 1. The lowest BCUT2D eigenvalue weighted by Crippen LogP contribution is -2.48. The number of carbonyl (C=O) groups is 2. The highest BCUT2D eigenvalue weighted by Gasteiger charge is 2.25. The van der Waals surface area contributed by atoms with Gasteiger partial charge in [0, 0.05) is 19.6 Å². The second kappa shape index (κ2) is 6.47. The molecule has 1 aliphatic rings. The summed E-state index contributed by atoms with van der Waals surface area (Å²) in [6.07, 6.45) is 2.09. The van der Waals surface area contributed by atoms with Crippen molar-refractivity contribution in [2.24, 2.45) is 5.92 Å². The molecule has 0 aromatic heterocycles. The van der Waals surface area contributed by atoms with Gasteiger partial charge in [0.05, 0.1) is 7.11 Å². The Morgan fingerprint density at radius 2 is 1.94 bits per heavy atom. The quantitative estimate of drug-likeness (QED) is 0.702. The maximum Gasteiger partial charge on any atom is 0.325 e. The lowest BCUT2D eigenvalue weighted by molar-refractivity contribution is -0.141. The van der Waals surface area contributed by atoms with Gasteiger partial charge in [0.1, 0.15) is 6.54 Å². The Morgan fingerprint density at radius 1 is 1.35 bits per heavy atom. The van der Waals surface area contributed by atoms with Crippen LogP contribution in [0.3, 0.4) is 0 Å². The van der Waals surface area contributed by atoms with Crippen molar-refractivity contribution in [2.75, 3.05) is 33.3 Å². The summed E-state index contributed by atoms with van der Waals surface area (Å²) in [5, 5.41) is 0. The number of rotatable bonds is 3. The van der Waals surface area contributed by atoms with E-state index in [0.29, 0.717) is 12.5 Å². The molecule has 1 saturated heterocycles. The number of nitrogens with zero attached hydrogens (tertiary/aromatic N) is 2. The fourth-order valence-electron chi connectivity index (χ4n) is 1.93. The van der Waals surface area contributed by atoms with E-state index in [9.17, 15) is 9.59 Å². The van der Waals surface area contributed by atoms with Crippen molar-refractivity contribution < 1.29 is 14.3 Å². The summed E-state index contributed by atoms with van der Waals surface area (Å²) in [4.78, 5) is 26.7. The summed E-state index contributed by atoms with van der Waals surface area (Å²) >= 11 is 0. The number of methoxy groups -OCH3 is 1. The largest absolute Gasteiger partial charge is 0.468 e. The summed E-state index contributed by atoms with van der Waals surface area (Å²) in [6.45, 7) is 6.22. The maximum absolute atomic E-state index is 12.1. The number of likely N-dealkylation sites (N-methyl/N-ethyl adjacent to an activating group) is 1. The summed E-state index contributed by atoms with van der Waals surface area (Å²) in [5.74, 6) is 0.320. The number of amides is 2. The van der Waals surface area contributed by atoms with Gasteiger partial charge in [-0.3, -0.25) is 4.79 Å². The molecule has 0 aliphatic carbocycles. The Hall–Kier alpha value is -1.26. The number of carbonyl (C=O) groups excluding carboxylic acids is 2. The molecule has 0 spiro atoms. The second-order valence-electron chi connectivity index (χ2n) is 4.54. The molecular formula is C12H22N2O3. The van der Waals surface area contributed by atoms with Crippen LogP contribution in [-0.2, 0) is 9.53 Å². The molecule has 0 atom stereocenters. The summed E-state index contributed by atoms with van der Waals surface area (Å²) < 4.78 is 4.59. The summed E-state index contributed by atoms with van der Waals surface area (Å²) in [7, 11) is 1.34. The Labute approximate surface area is 103 Å². The molecule has 0 bridgehead atoms. The smallest absolute Gasteiger partial charge is 0.325 e. The molecule has 1 rings (SSSR count). The van der Waals surface area contributed by atoms with Crippen molar-refractivity contribution in [1.29, 1.82) is 0 Å². The Balaban J connectivity index is 2.51. The molecule has 0 radical (unpaired) electrons. The minimum absolute atomic E-state index is 0.0396. The van der Waals surface area contributed by atoms with Crippen LogP contribution < -0.4 is 0 Å². The second-order valence-corrected chi connectivity index (χ2v) is 4.54. The minimum Gasteiger partial charge on any atom is -0.468 e. The Kier molecular flexibility index (Phi) is 5.25. The van der Waals surface area contributed by atoms with Gasteiger partial charge >= 0.3 is 12.0 Å². The molecule has 0 aromatic carbocycles. The van der Waals surface area contributed by atoms with E-state index < -0.39 is 0 Å². The molecule has 0 unspecified atom stereocenters. The lowest BCUT2D eigenvalue weighted by Gasteiger charge is -2.34. The maximum atomic E-state index is 12.1. The van der Waals surface area contributed by atoms with Crippen molar-refractivity contribution in [3.63, 3.8) is 0 Å². The molecule has 98 valence electrons. The third kappa shape index (κ3) is 3.91. The number of esters is 1. The normalized spacial score (nSPS) is 16.8. The first kappa shape index (κ1) is 13.8. The minimum atomic E-state index is -0.370. The van der Waals surface area contributed by atoms with Gasteiger partial charge < -0.3 is 14.5 Å². The van der Waals surface area contributed by atoms with Crippen LogP contribution in [0.5, 0.6) is 0 Å². The third-order valence-corrected chi connectivity index (χ3v) is 3.25. The van der Waals surface area contributed by atoms with Crippen LogP contribution >= 0.6 is 0 Å². The fraction of sp³-hybridized carbons (Fsp3) is 0.833. The van der Waals surface area contributed by atoms with Crippen LogP contribution in [0.25, 0.3) is 0 Å². The van der Waals surface area contributed by atoms with Gasteiger partial charge in [0.15, 0.2) is 0 Å². The highest BCUT2D eigenvalue weighted by molar-refractivity contribution is 5.81. The van der Waals surface area contributed by atoms with Crippen LogP contribution in [0.15, 0.2) is 0 Å². The van der Waals surface area contributed by atoms with E-state index in [1.807, 2.05) is 11.8 Å². The molecule has 0 N–H and O–H groups in total. The van der Waals surface area contributed by atoms with E-state index >= 15 is 0 Å². The molecule has 2 amide bonds. The predicted molar refractivity (Wildman–Crippen MR) is 64.6 cm³/mol. The first-order valence-electron chi connectivity index (χ1n) is 6.19. The van der Waals surface area contributed by atoms with E-state index in [-0.39, 0.29) is 18.5 Å². The average molecular weight is 242 g/mol. The molecule has 0 saturated carbocycles. The molecule has 0 aromatic rings. The number of hydrogen-bond acceptors (Lipinski definition) is 3. The van der Waals surface area contributed by atoms with Gasteiger partial charge in [-0.15, -0.1) is 0 Å². The third-order valence-electron chi connectivity index (χ3n) is 3.25. The molecule has 1 fully saturated rings. The summed E-state index contributed by atoms with van der Waals surface area (Å²) in [5.41, 5.74) is 0. The number of urea groups is 1. The van der Waals surface area contributed by atoms with Gasteiger partial charge in [-0.25, -0.2) is 4.79 Å². The van der Waals surface area contributed by atoms with Crippen LogP contribution in [0, 0.1) is 5.92 Å². The first-order chi connectivity index (χ1) is 8.08. The van der Waals surface area contributed by atoms with Gasteiger partial charge in [-0.05, 0) is 25.7 Å². The Morgan fingerprint density at radius 3 is 2.41 bits per heavy atom. The number of ether oxygens (including phenoxy) is 1. The number of likely N-dealkylation sites (tertiary alicyclic amines) is 1. The van der Waals surface area contributed by atoms with E-state index in [4.69, 9.17) is 0 Å². The average Bonchev–Trinajstić information content (AvgIpc) is 2.35. The standard InChI is InChI=1S/C12H22N2O3/c1-4-13(9-11(15)17-3)12(16)14-7-5-10(2)6-8-14/h10H,4-9H2,1-3H3. The van der Waals surface area contributed by atoms with Crippen molar-refractivity contribution in [3.05, 3.63) is 0 Å². The van der Waals surface area contributed by atoms with Gasteiger partial charge in [-0.2, -0.15) is 0 Å². The number of hydrogen-bond donors (Lipinski definition) is 0. The molecule has 17 heavy (non-hydrogen) atoms. The van der Waals surface area contributed by atoms with Crippen molar-refractivity contribution in [1.82, 2.24) is 9.80 Å². The molecule has 5 nitrogen and oxygen atoms in total. The zero-order valence-corrected chi connectivity index (χ0v) is 10.9. The molecule has 1 heterocycles. The first-order valence-corrected chi connectivity index (χ1v) is 6.19. The Bertz CT molecular complexity index is 273. The fourth-order valence-corrected chi connectivity index (χ4v) is 1.93. The SMILES string of the molecule is CCN(CC(=O)OC)C(=O)N1CCC(C)CC1. The highest BCUT2D eigenvalue weighted by atomic mass is 16.5. The summed E-state index contributed by atoms with van der Waals surface area (Å²) in [6, 6.07) is -0.0511. The zero-order valence-electron chi connectivity index (χ0n) is 10.9.